The van der Waals surface area contributed by atoms with Crippen LogP contribution >= 0.6 is 24.4 Å². The maximum Gasteiger partial charge on any atom is 0.367 e. The van der Waals surface area contributed by atoms with Crippen molar-refractivity contribution in [3.63, 3.8) is 0 Å². The molecule has 0 fully saturated rings. The highest BCUT2D eigenvalue weighted by molar-refractivity contribution is 8.13. The number of carbonyl (C=O) groups is 1. The van der Waals surface area contributed by atoms with Gasteiger partial charge in [0.05, 0.1) is 0 Å². The van der Waals surface area contributed by atoms with Crippen molar-refractivity contribution in [1.29, 1.82) is 0 Å². The first-order valence-corrected chi connectivity index (χ1v) is 8.39. The molecule has 0 saturated carbocycles. The predicted molar refractivity (Wildman–Crippen MR) is 86.1 cm³/mol. The Labute approximate surface area is 125 Å². The number of thioether (sulfide) groups is 1. The average Bonchev–Trinajstić information content (AvgIpc) is 2.45. The number of ether oxygens (including phenoxy) is 1. The number of thiol groups is 1. The monoisotopic (exact) mass is 298 g/mol. The van der Waals surface area contributed by atoms with E-state index in [1.165, 1.54) is 24.6 Å². The molecule has 106 valence electrons. The summed E-state index contributed by atoms with van der Waals surface area (Å²) < 4.78 is 5.58. The summed E-state index contributed by atoms with van der Waals surface area (Å²) in [7, 11) is 0. The number of carbonyl (C=O) groups excluding carboxylic acids is 1. The molecule has 0 aliphatic heterocycles. The lowest BCUT2D eigenvalue weighted by molar-refractivity contribution is 0.115. The Morgan fingerprint density at radius 2 is 2.05 bits per heavy atom. The summed E-state index contributed by atoms with van der Waals surface area (Å²) in [5, 5.41) is -0.195. The summed E-state index contributed by atoms with van der Waals surface area (Å²) in [6.07, 6.45) is 4.20. The summed E-state index contributed by atoms with van der Waals surface area (Å²) in [4.78, 5) is 11.7. The molecule has 1 aromatic carbocycles. The lowest BCUT2D eigenvalue weighted by atomic mass is 10.0. The molecule has 0 aliphatic rings. The highest BCUT2D eigenvalue weighted by Gasteiger charge is 2.16. The Kier molecular flexibility index (Phi) is 8.84. The van der Waals surface area contributed by atoms with Crippen LogP contribution in [-0.4, -0.2) is 16.8 Å². The van der Waals surface area contributed by atoms with Crippen LogP contribution in [0.2, 0.25) is 0 Å². The lowest BCUT2D eigenvalue weighted by Crippen LogP contribution is -2.08. The Balaban J connectivity index is 2.56. The predicted octanol–water partition coefficient (Wildman–Crippen LogP) is 5.11. The van der Waals surface area contributed by atoms with E-state index in [0.29, 0.717) is 11.5 Å². The van der Waals surface area contributed by atoms with Crippen LogP contribution in [0.1, 0.15) is 44.3 Å². The Morgan fingerprint density at radius 3 is 2.68 bits per heavy atom. The van der Waals surface area contributed by atoms with E-state index in [0.717, 1.165) is 18.4 Å². The number of benzene rings is 1. The van der Waals surface area contributed by atoms with Crippen LogP contribution in [0.3, 0.4) is 0 Å². The maximum atomic E-state index is 11.7. The third-order valence-electron chi connectivity index (χ3n) is 2.79. The van der Waals surface area contributed by atoms with Gasteiger partial charge in [-0.1, -0.05) is 50.1 Å². The Morgan fingerprint density at radius 1 is 1.32 bits per heavy atom. The molecule has 0 bridgehead atoms. The molecule has 4 heteroatoms. The van der Waals surface area contributed by atoms with Crippen molar-refractivity contribution >= 4 is 29.7 Å². The van der Waals surface area contributed by atoms with Gasteiger partial charge in [0.15, 0.2) is 0 Å². The molecule has 19 heavy (non-hydrogen) atoms. The molecule has 0 spiro atoms. The van der Waals surface area contributed by atoms with Crippen LogP contribution in [-0.2, 0) is 4.74 Å². The topological polar surface area (TPSA) is 26.3 Å². The molecule has 0 aromatic heterocycles. The van der Waals surface area contributed by atoms with Crippen LogP contribution in [0, 0.1) is 0 Å². The molecule has 0 heterocycles. The molecule has 1 unspecified atom stereocenters. The molecule has 1 aromatic rings. The molecular weight excluding hydrogens is 276 g/mol. The van der Waals surface area contributed by atoms with Gasteiger partial charge in [-0.05, 0) is 35.9 Å². The number of hydrogen-bond donors (Lipinski definition) is 1. The van der Waals surface area contributed by atoms with Gasteiger partial charge < -0.3 is 4.74 Å². The van der Waals surface area contributed by atoms with Gasteiger partial charge in [-0.3, -0.25) is 0 Å². The van der Waals surface area contributed by atoms with Crippen molar-refractivity contribution in [3.8, 4) is 0 Å². The Hall–Kier alpha value is -0.610. The van der Waals surface area contributed by atoms with Crippen molar-refractivity contribution in [2.75, 3.05) is 11.5 Å². The first-order chi connectivity index (χ1) is 9.27. The SMILES string of the molecule is CCCCCC(OC(=O)SCCS)c1ccccc1. The van der Waals surface area contributed by atoms with E-state index < -0.39 is 0 Å². The molecule has 0 radical (unpaired) electrons. The Bertz CT molecular complexity index is 354. The molecular formula is C15H22O2S2. The second-order valence-electron chi connectivity index (χ2n) is 4.34. The summed E-state index contributed by atoms with van der Waals surface area (Å²) in [5.41, 5.74) is 1.08. The third-order valence-corrected chi connectivity index (χ3v) is 4.06. The van der Waals surface area contributed by atoms with Crippen LogP contribution in [0.4, 0.5) is 4.79 Å². The van der Waals surface area contributed by atoms with E-state index in [1.54, 1.807) is 0 Å². The van der Waals surface area contributed by atoms with Crippen molar-refractivity contribution in [2.45, 2.75) is 38.7 Å². The highest BCUT2D eigenvalue weighted by Crippen LogP contribution is 2.26. The third kappa shape index (κ3) is 6.92. The number of rotatable bonds is 8. The highest BCUT2D eigenvalue weighted by atomic mass is 32.2. The van der Waals surface area contributed by atoms with E-state index in [4.69, 9.17) is 4.74 Å². The quantitative estimate of drug-likeness (QED) is 0.410. The first kappa shape index (κ1) is 16.4. The van der Waals surface area contributed by atoms with Gasteiger partial charge >= 0.3 is 5.30 Å². The first-order valence-electron chi connectivity index (χ1n) is 6.77. The zero-order chi connectivity index (χ0) is 13.9. The summed E-state index contributed by atoms with van der Waals surface area (Å²) in [6, 6.07) is 9.98. The smallest absolute Gasteiger partial charge is 0.367 e. The van der Waals surface area contributed by atoms with Crippen molar-refractivity contribution < 1.29 is 9.53 Å². The van der Waals surface area contributed by atoms with Gasteiger partial charge in [0.2, 0.25) is 0 Å². The van der Waals surface area contributed by atoms with E-state index >= 15 is 0 Å². The standard InChI is InChI=1S/C15H22O2S2/c1-2-3-5-10-14(13-8-6-4-7-9-13)17-15(16)19-12-11-18/h4,6-9,14,18H,2-3,5,10-12H2,1H3. The normalized spacial score (nSPS) is 12.1. The molecule has 0 saturated heterocycles. The van der Waals surface area contributed by atoms with Gasteiger partial charge in [-0.25, -0.2) is 4.79 Å². The van der Waals surface area contributed by atoms with Gasteiger partial charge in [0, 0.05) is 5.75 Å². The molecule has 1 rings (SSSR count). The number of hydrogen-bond acceptors (Lipinski definition) is 4. The van der Waals surface area contributed by atoms with Crippen molar-refractivity contribution in [1.82, 2.24) is 0 Å². The molecule has 0 aliphatic carbocycles. The zero-order valence-corrected chi connectivity index (χ0v) is 13.1. The summed E-state index contributed by atoms with van der Waals surface area (Å²) in [6.45, 7) is 2.17. The average molecular weight is 298 g/mol. The van der Waals surface area contributed by atoms with Crippen LogP contribution < -0.4 is 0 Å². The van der Waals surface area contributed by atoms with Crippen molar-refractivity contribution in [2.24, 2.45) is 0 Å². The van der Waals surface area contributed by atoms with Gasteiger partial charge in [-0.15, -0.1) is 0 Å². The fourth-order valence-corrected chi connectivity index (χ4v) is 2.54. The largest absolute Gasteiger partial charge is 0.449 e. The summed E-state index contributed by atoms with van der Waals surface area (Å²) in [5.74, 6) is 1.38. The molecule has 2 nitrogen and oxygen atoms in total. The second-order valence-corrected chi connectivity index (χ2v) is 5.81. The molecule has 1 atom stereocenters. The van der Waals surface area contributed by atoms with E-state index in [2.05, 4.69) is 19.6 Å². The zero-order valence-electron chi connectivity index (χ0n) is 11.4. The lowest BCUT2D eigenvalue weighted by Gasteiger charge is -2.18. The fraction of sp³-hybridized carbons (Fsp3) is 0.533. The second kappa shape index (κ2) is 10.2. The molecule has 0 amide bonds. The number of unbranched alkanes of at least 4 members (excludes halogenated alkanes) is 2. The van der Waals surface area contributed by atoms with Gasteiger partial charge in [0.25, 0.3) is 0 Å². The minimum absolute atomic E-state index is 0.118. The van der Waals surface area contributed by atoms with Gasteiger partial charge in [0.1, 0.15) is 6.10 Å². The fourth-order valence-electron chi connectivity index (χ4n) is 1.82. The van der Waals surface area contributed by atoms with Crippen molar-refractivity contribution in [3.05, 3.63) is 35.9 Å². The van der Waals surface area contributed by atoms with Crippen LogP contribution in [0.15, 0.2) is 30.3 Å². The van der Waals surface area contributed by atoms with Gasteiger partial charge in [-0.2, -0.15) is 12.6 Å². The maximum absolute atomic E-state index is 11.7. The van der Waals surface area contributed by atoms with E-state index in [-0.39, 0.29) is 11.4 Å². The van der Waals surface area contributed by atoms with Crippen LogP contribution in [0.25, 0.3) is 0 Å². The minimum Gasteiger partial charge on any atom is -0.449 e. The van der Waals surface area contributed by atoms with Crippen LogP contribution in [0.5, 0.6) is 0 Å². The summed E-state index contributed by atoms with van der Waals surface area (Å²) >= 11 is 5.30. The minimum atomic E-state index is -0.195. The van der Waals surface area contributed by atoms with E-state index in [1.807, 2.05) is 30.3 Å². The molecule has 0 N–H and O–H groups in total. The van der Waals surface area contributed by atoms with E-state index in [9.17, 15) is 4.79 Å².